The highest BCUT2D eigenvalue weighted by molar-refractivity contribution is 5.95. The lowest BCUT2D eigenvalue weighted by Crippen LogP contribution is -2.39. The Labute approximate surface area is 118 Å². The number of rotatable bonds is 5. The number of hydrogen-bond acceptors (Lipinski definition) is 3. The minimum absolute atomic E-state index is 0.0228. The number of carbonyl (C=O) groups is 2. The Bertz CT molecular complexity index is 502. The molecule has 0 aliphatic carbocycles. The maximum absolute atomic E-state index is 12.1. The van der Waals surface area contributed by atoms with E-state index in [1.807, 2.05) is 24.3 Å². The number of carboxylic acids is 1. The number of carboxylic acid groups (broad SMARTS) is 1. The van der Waals surface area contributed by atoms with Crippen molar-refractivity contribution in [2.24, 2.45) is 5.92 Å². The van der Waals surface area contributed by atoms with Crippen molar-refractivity contribution in [1.82, 2.24) is 5.32 Å². The summed E-state index contributed by atoms with van der Waals surface area (Å²) in [4.78, 5) is 22.7. The first-order chi connectivity index (χ1) is 9.56. The number of amides is 1. The summed E-state index contributed by atoms with van der Waals surface area (Å²) in [6.45, 7) is 2.94. The molecule has 20 heavy (non-hydrogen) atoms. The van der Waals surface area contributed by atoms with Crippen molar-refractivity contribution in [2.45, 2.75) is 32.2 Å². The normalized spacial score (nSPS) is 21.6. The molecule has 0 spiro atoms. The van der Waals surface area contributed by atoms with Crippen molar-refractivity contribution in [2.75, 3.05) is 11.9 Å². The molecular formula is C15H20N2O3. The van der Waals surface area contributed by atoms with Crippen LogP contribution in [0.25, 0.3) is 0 Å². The molecule has 0 radical (unpaired) electrons. The predicted molar refractivity (Wildman–Crippen MR) is 76.6 cm³/mol. The molecule has 108 valence electrons. The third-order valence-corrected chi connectivity index (χ3v) is 3.64. The summed E-state index contributed by atoms with van der Waals surface area (Å²) in [5.74, 6) is -0.501. The smallest absolute Gasteiger partial charge is 0.303 e. The van der Waals surface area contributed by atoms with Gasteiger partial charge in [0.05, 0.1) is 6.04 Å². The van der Waals surface area contributed by atoms with Crippen LogP contribution in [0.1, 0.15) is 25.3 Å². The second-order valence-corrected chi connectivity index (χ2v) is 5.28. The molecule has 1 aromatic carbocycles. The Hall–Kier alpha value is -1.88. The van der Waals surface area contributed by atoms with Crippen molar-refractivity contribution in [1.29, 1.82) is 0 Å². The van der Waals surface area contributed by atoms with Gasteiger partial charge >= 0.3 is 5.97 Å². The van der Waals surface area contributed by atoms with E-state index in [2.05, 4.69) is 17.6 Å². The molecule has 1 fully saturated rings. The zero-order valence-electron chi connectivity index (χ0n) is 11.6. The standard InChI is InChI=1S/C15H20N2O3/c1-10-7-8-16-14(10)15(20)17-12-4-2-3-11(9-12)5-6-13(18)19/h2-4,9-10,14,16H,5-8H2,1H3,(H,17,20)(H,18,19). The quantitative estimate of drug-likeness (QED) is 0.764. The maximum Gasteiger partial charge on any atom is 0.303 e. The van der Waals surface area contributed by atoms with E-state index in [1.54, 1.807) is 0 Å². The number of hydrogen-bond donors (Lipinski definition) is 3. The Kier molecular flexibility index (Phi) is 4.74. The Morgan fingerprint density at radius 3 is 2.90 bits per heavy atom. The monoisotopic (exact) mass is 276 g/mol. The number of anilines is 1. The van der Waals surface area contributed by atoms with Crippen LogP contribution in [0.2, 0.25) is 0 Å². The molecule has 5 nitrogen and oxygen atoms in total. The topological polar surface area (TPSA) is 78.4 Å². The van der Waals surface area contributed by atoms with Gasteiger partial charge in [0.25, 0.3) is 0 Å². The van der Waals surface area contributed by atoms with E-state index in [0.29, 0.717) is 12.3 Å². The molecular weight excluding hydrogens is 256 g/mol. The molecule has 0 saturated carbocycles. The highest BCUT2D eigenvalue weighted by Gasteiger charge is 2.29. The van der Waals surface area contributed by atoms with Gasteiger partial charge < -0.3 is 15.7 Å². The lowest BCUT2D eigenvalue weighted by molar-refractivity contribution is -0.137. The lowest BCUT2D eigenvalue weighted by atomic mass is 10.0. The van der Waals surface area contributed by atoms with Crippen molar-refractivity contribution in [3.05, 3.63) is 29.8 Å². The molecule has 2 rings (SSSR count). The fourth-order valence-electron chi connectivity index (χ4n) is 2.46. The molecule has 1 amide bonds. The number of nitrogens with one attached hydrogen (secondary N) is 2. The molecule has 2 unspecified atom stereocenters. The molecule has 3 N–H and O–H groups in total. The zero-order chi connectivity index (χ0) is 14.5. The number of carbonyl (C=O) groups excluding carboxylic acids is 1. The zero-order valence-corrected chi connectivity index (χ0v) is 11.6. The predicted octanol–water partition coefficient (Wildman–Crippen LogP) is 1.64. The highest BCUT2D eigenvalue weighted by atomic mass is 16.4. The van der Waals surface area contributed by atoms with Crippen molar-refractivity contribution < 1.29 is 14.7 Å². The molecule has 0 bridgehead atoms. The van der Waals surface area contributed by atoms with Gasteiger partial charge in [-0.15, -0.1) is 0 Å². The third kappa shape index (κ3) is 3.81. The molecule has 5 heteroatoms. The number of aryl methyl sites for hydroxylation is 1. The summed E-state index contributed by atoms with van der Waals surface area (Å²) in [6.07, 6.45) is 1.58. The van der Waals surface area contributed by atoms with Crippen molar-refractivity contribution >= 4 is 17.6 Å². The van der Waals surface area contributed by atoms with Gasteiger partial charge in [0.2, 0.25) is 5.91 Å². The molecule has 1 heterocycles. The van der Waals surface area contributed by atoms with E-state index in [-0.39, 0.29) is 18.4 Å². The van der Waals surface area contributed by atoms with E-state index in [1.165, 1.54) is 0 Å². The molecule has 0 aromatic heterocycles. The summed E-state index contributed by atoms with van der Waals surface area (Å²) in [5.41, 5.74) is 1.64. The molecule has 1 aliphatic heterocycles. The second-order valence-electron chi connectivity index (χ2n) is 5.28. The summed E-state index contributed by atoms with van der Waals surface area (Å²) in [6, 6.07) is 7.22. The van der Waals surface area contributed by atoms with Gasteiger partial charge in [-0.3, -0.25) is 9.59 Å². The SMILES string of the molecule is CC1CCNC1C(=O)Nc1cccc(CCC(=O)O)c1. The van der Waals surface area contributed by atoms with Gasteiger partial charge in [0.15, 0.2) is 0 Å². The summed E-state index contributed by atoms with van der Waals surface area (Å²) in [5, 5.41) is 14.8. The summed E-state index contributed by atoms with van der Waals surface area (Å²) < 4.78 is 0. The van der Waals surface area contributed by atoms with Gasteiger partial charge in [-0.2, -0.15) is 0 Å². The van der Waals surface area contributed by atoms with Crippen LogP contribution in [0.15, 0.2) is 24.3 Å². The third-order valence-electron chi connectivity index (χ3n) is 3.64. The van der Waals surface area contributed by atoms with Gasteiger partial charge in [-0.25, -0.2) is 0 Å². The van der Waals surface area contributed by atoms with Gasteiger partial charge in [-0.1, -0.05) is 19.1 Å². The number of aliphatic carboxylic acids is 1. The Morgan fingerprint density at radius 2 is 2.25 bits per heavy atom. The highest BCUT2D eigenvalue weighted by Crippen LogP contribution is 2.18. The van der Waals surface area contributed by atoms with Gasteiger partial charge in [0, 0.05) is 12.1 Å². The molecule has 1 saturated heterocycles. The second kappa shape index (κ2) is 6.52. The molecule has 2 atom stereocenters. The summed E-state index contributed by atoms with van der Waals surface area (Å²) in [7, 11) is 0. The van der Waals surface area contributed by atoms with Crippen LogP contribution in [0, 0.1) is 5.92 Å². The average molecular weight is 276 g/mol. The van der Waals surface area contributed by atoms with Crippen LogP contribution >= 0.6 is 0 Å². The summed E-state index contributed by atoms with van der Waals surface area (Å²) >= 11 is 0. The first kappa shape index (κ1) is 14.5. The largest absolute Gasteiger partial charge is 0.481 e. The molecule has 1 aliphatic rings. The van der Waals surface area contributed by atoms with E-state index in [9.17, 15) is 9.59 Å². The minimum atomic E-state index is -0.816. The van der Waals surface area contributed by atoms with E-state index < -0.39 is 5.97 Å². The Balaban J connectivity index is 1.96. The van der Waals surface area contributed by atoms with Crippen LogP contribution < -0.4 is 10.6 Å². The van der Waals surface area contributed by atoms with Crippen LogP contribution in [-0.4, -0.2) is 29.6 Å². The van der Waals surface area contributed by atoms with E-state index in [4.69, 9.17) is 5.11 Å². The first-order valence-electron chi connectivity index (χ1n) is 6.91. The average Bonchev–Trinajstić information content (AvgIpc) is 2.83. The molecule has 1 aromatic rings. The fraction of sp³-hybridized carbons (Fsp3) is 0.467. The fourth-order valence-corrected chi connectivity index (χ4v) is 2.46. The van der Waals surface area contributed by atoms with Crippen LogP contribution in [0.5, 0.6) is 0 Å². The minimum Gasteiger partial charge on any atom is -0.481 e. The van der Waals surface area contributed by atoms with Crippen molar-refractivity contribution in [3.63, 3.8) is 0 Å². The Morgan fingerprint density at radius 1 is 1.45 bits per heavy atom. The van der Waals surface area contributed by atoms with Crippen LogP contribution in [0.4, 0.5) is 5.69 Å². The lowest BCUT2D eigenvalue weighted by Gasteiger charge is -2.15. The van der Waals surface area contributed by atoms with E-state index in [0.717, 1.165) is 24.2 Å². The number of benzene rings is 1. The van der Waals surface area contributed by atoms with Gasteiger partial charge in [-0.05, 0) is 43.0 Å². The van der Waals surface area contributed by atoms with Gasteiger partial charge in [0.1, 0.15) is 0 Å². The first-order valence-corrected chi connectivity index (χ1v) is 6.91. The van der Waals surface area contributed by atoms with E-state index >= 15 is 0 Å². The van der Waals surface area contributed by atoms with Crippen LogP contribution in [-0.2, 0) is 16.0 Å². The van der Waals surface area contributed by atoms with Crippen LogP contribution in [0.3, 0.4) is 0 Å². The maximum atomic E-state index is 12.1. The van der Waals surface area contributed by atoms with Crippen molar-refractivity contribution in [3.8, 4) is 0 Å².